The van der Waals surface area contributed by atoms with Gasteiger partial charge in [0.15, 0.2) is 0 Å². The fraction of sp³-hybridized carbons (Fsp3) is 0.282. The summed E-state index contributed by atoms with van der Waals surface area (Å²) in [7, 11) is 0. The van der Waals surface area contributed by atoms with Crippen molar-refractivity contribution in [3.05, 3.63) is 103 Å². The van der Waals surface area contributed by atoms with Crippen LogP contribution >= 0.6 is 0 Å². The SMILES string of the molecule is CC(C)Cc1cc(-c2[c-]cccc2)nc[c]1[Ge]([CH3])([CH3])[CH3].Cc1ncc2c(n1)oc1c(-c3nc4ccccc4n3C(C)C)[c-]ccc12.[Ir]. The van der Waals surface area contributed by atoms with Gasteiger partial charge < -0.3 is 8.98 Å². The molecule has 0 aliphatic heterocycles. The van der Waals surface area contributed by atoms with Gasteiger partial charge in [0.1, 0.15) is 5.82 Å². The van der Waals surface area contributed by atoms with Crippen molar-refractivity contribution in [1.82, 2.24) is 24.5 Å². The van der Waals surface area contributed by atoms with E-state index in [0.717, 1.165) is 56.5 Å². The zero-order valence-electron chi connectivity index (χ0n) is 28.3. The third-order valence-electron chi connectivity index (χ3n) is 8.06. The Labute approximate surface area is 293 Å². The number of pyridine rings is 1. The van der Waals surface area contributed by atoms with E-state index < -0.39 is 13.3 Å². The van der Waals surface area contributed by atoms with E-state index in [4.69, 9.17) is 14.4 Å². The van der Waals surface area contributed by atoms with Gasteiger partial charge >= 0.3 is 126 Å². The predicted octanol–water partition coefficient (Wildman–Crippen LogP) is 9.37. The van der Waals surface area contributed by atoms with Crippen LogP contribution in [0.1, 0.15) is 45.1 Å². The number of aryl methyl sites for hydroxylation is 1. The zero-order chi connectivity index (χ0) is 32.6. The molecule has 0 saturated heterocycles. The molecule has 0 saturated carbocycles. The summed E-state index contributed by atoms with van der Waals surface area (Å²) in [5.41, 5.74) is 7.91. The van der Waals surface area contributed by atoms with Crippen molar-refractivity contribution in [2.45, 2.75) is 64.4 Å². The molecule has 0 amide bonds. The molecule has 3 aromatic carbocycles. The van der Waals surface area contributed by atoms with Crippen LogP contribution < -0.4 is 4.40 Å². The monoisotopic (exact) mass is 862 g/mol. The number of fused-ring (bicyclic) bond motifs is 4. The molecule has 47 heavy (non-hydrogen) atoms. The van der Waals surface area contributed by atoms with Crippen LogP contribution in [0.5, 0.6) is 0 Å². The van der Waals surface area contributed by atoms with Crippen molar-refractivity contribution >= 4 is 50.8 Å². The number of nitrogens with zero attached hydrogens (tertiary/aromatic N) is 5. The maximum absolute atomic E-state index is 6.11. The van der Waals surface area contributed by atoms with Gasteiger partial charge in [-0.25, -0.2) is 4.98 Å². The van der Waals surface area contributed by atoms with Gasteiger partial charge in [-0.05, 0) is 32.9 Å². The average molecular weight is 861 g/mol. The van der Waals surface area contributed by atoms with Gasteiger partial charge in [-0.3, -0.25) is 4.98 Å². The molecule has 6 nitrogen and oxygen atoms in total. The second kappa shape index (κ2) is 14.2. The van der Waals surface area contributed by atoms with E-state index in [1.54, 1.807) is 4.40 Å². The van der Waals surface area contributed by atoms with E-state index >= 15 is 0 Å². The number of hydrogen-bond acceptors (Lipinski definition) is 5. The minimum atomic E-state index is -1.86. The first-order valence-electron chi connectivity index (χ1n) is 16.0. The average Bonchev–Trinajstić information content (AvgIpc) is 3.59. The molecule has 243 valence electrons. The number of furan rings is 1. The van der Waals surface area contributed by atoms with E-state index in [2.05, 4.69) is 96.0 Å². The van der Waals surface area contributed by atoms with Crippen LogP contribution in [0.15, 0.2) is 83.5 Å². The molecule has 0 unspecified atom stereocenters. The maximum Gasteiger partial charge on any atom is 0.219 e. The van der Waals surface area contributed by atoms with Crippen molar-refractivity contribution in [3.63, 3.8) is 0 Å². The Hall–Kier alpha value is -3.65. The molecule has 0 spiro atoms. The fourth-order valence-corrected chi connectivity index (χ4v) is 9.34. The van der Waals surface area contributed by atoms with Gasteiger partial charge in [0.25, 0.3) is 0 Å². The Kier molecular flexibility index (Phi) is 10.5. The van der Waals surface area contributed by atoms with Crippen LogP contribution in [-0.4, -0.2) is 37.8 Å². The summed E-state index contributed by atoms with van der Waals surface area (Å²) < 4.78 is 9.88. The molecular weight excluding hydrogens is 819 g/mol. The van der Waals surface area contributed by atoms with Gasteiger partial charge in [0, 0.05) is 37.7 Å². The predicted molar refractivity (Wildman–Crippen MR) is 192 cm³/mol. The van der Waals surface area contributed by atoms with E-state index in [1.807, 2.05) is 61.7 Å². The first-order chi connectivity index (χ1) is 22.0. The van der Waals surface area contributed by atoms with E-state index in [9.17, 15) is 0 Å². The van der Waals surface area contributed by atoms with Crippen LogP contribution in [0.2, 0.25) is 17.3 Å². The topological polar surface area (TPSA) is 69.6 Å². The van der Waals surface area contributed by atoms with Crippen LogP contribution in [-0.2, 0) is 26.5 Å². The van der Waals surface area contributed by atoms with Gasteiger partial charge in [-0.1, -0.05) is 23.1 Å². The second-order valence-corrected chi connectivity index (χ2v) is 24.1. The summed E-state index contributed by atoms with van der Waals surface area (Å²) in [6, 6.07) is 29.3. The van der Waals surface area contributed by atoms with Gasteiger partial charge in [0.05, 0.1) is 22.4 Å². The third-order valence-corrected chi connectivity index (χ3v) is 12.4. The molecule has 0 atom stereocenters. The number of hydrogen-bond donors (Lipinski definition) is 0. The Balaban J connectivity index is 0.000000188. The molecule has 0 aliphatic carbocycles. The van der Waals surface area contributed by atoms with Crippen LogP contribution in [0.25, 0.3) is 55.7 Å². The molecule has 0 fully saturated rings. The fourth-order valence-electron chi connectivity index (χ4n) is 6.00. The van der Waals surface area contributed by atoms with Gasteiger partial charge in [0.2, 0.25) is 5.71 Å². The Morgan fingerprint density at radius 2 is 1.62 bits per heavy atom. The Morgan fingerprint density at radius 1 is 0.851 bits per heavy atom. The summed E-state index contributed by atoms with van der Waals surface area (Å²) in [6.45, 7) is 10.7. The van der Waals surface area contributed by atoms with Crippen molar-refractivity contribution in [2.75, 3.05) is 0 Å². The minimum absolute atomic E-state index is 0. The number of imidazole rings is 1. The molecule has 7 rings (SSSR count). The molecule has 4 heterocycles. The van der Waals surface area contributed by atoms with E-state index in [-0.39, 0.29) is 26.1 Å². The largest absolute Gasteiger partial charge is 0.486 e. The second-order valence-electron chi connectivity index (χ2n) is 13.6. The number of benzene rings is 3. The molecule has 0 aliphatic rings. The van der Waals surface area contributed by atoms with Crippen LogP contribution in [0, 0.1) is 25.0 Å². The summed E-state index contributed by atoms with van der Waals surface area (Å²) in [6.07, 6.45) is 5.09. The molecule has 0 N–H and O–H groups in total. The third kappa shape index (κ3) is 7.28. The molecule has 0 bridgehead atoms. The molecule has 8 heteroatoms. The maximum atomic E-state index is 6.11. The Morgan fingerprint density at radius 3 is 2.32 bits per heavy atom. The molecule has 1 radical (unpaired) electrons. The summed E-state index contributed by atoms with van der Waals surface area (Å²) in [5.74, 6) is 9.54. The van der Waals surface area contributed by atoms with Crippen molar-refractivity contribution in [1.29, 1.82) is 0 Å². The summed E-state index contributed by atoms with van der Waals surface area (Å²) >= 11 is -1.86. The van der Waals surface area contributed by atoms with E-state index in [0.29, 0.717) is 17.5 Å². The normalized spacial score (nSPS) is 11.7. The molecule has 4 aromatic heterocycles. The Bertz CT molecular complexity index is 2140. The minimum Gasteiger partial charge on any atom is -0.486 e. The first kappa shape index (κ1) is 34.7. The molecule has 7 aromatic rings. The zero-order valence-corrected chi connectivity index (χ0v) is 32.8. The van der Waals surface area contributed by atoms with Crippen LogP contribution in [0.3, 0.4) is 0 Å². The number of rotatable bonds is 6. The first-order valence-corrected chi connectivity index (χ1v) is 23.4. The quantitative estimate of drug-likeness (QED) is 0.123. The van der Waals surface area contributed by atoms with E-state index in [1.165, 1.54) is 5.56 Å². The molecular formula is C39H41GeIrN5O-2. The number of aromatic nitrogens is 5. The van der Waals surface area contributed by atoms with Gasteiger partial charge in [-0.2, -0.15) is 4.98 Å². The van der Waals surface area contributed by atoms with Crippen molar-refractivity contribution < 1.29 is 24.5 Å². The van der Waals surface area contributed by atoms with Crippen molar-refractivity contribution in [2.24, 2.45) is 5.92 Å². The number of para-hydroxylation sites is 2. The van der Waals surface area contributed by atoms with Crippen molar-refractivity contribution in [3.8, 4) is 22.6 Å². The summed E-state index contributed by atoms with van der Waals surface area (Å²) in [5, 5.41) is 1.89. The van der Waals surface area contributed by atoms with Gasteiger partial charge in [-0.15, -0.1) is 18.2 Å². The smallest absolute Gasteiger partial charge is 0.219 e. The standard InChI is InChI=1S/C21H17N4O.C18H24GeN.Ir/c1-12(2)25-18-10-5-4-9-17(18)24-20(25)15-8-6-7-14-16-11-22-13(3)23-21(16)26-19(14)15;1-14(2)11-16-12-18(15-9-7-6-8-10-15)20-13-17(16)19(3,4)5;/h4-7,9-12H,1-3H3;6-9,12-14H,11H2,1-5H3;/q2*-1;. The summed E-state index contributed by atoms with van der Waals surface area (Å²) in [4.78, 5) is 18.3. The van der Waals surface area contributed by atoms with Crippen LogP contribution in [0.4, 0.5) is 0 Å².